The first-order chi connectivity index (χ1) is 8.61. The quantitative estimate of drug-likeness (QED) is 0.780. The zero-order valence-corrected chi connectivity index (χ0v) is 10.6. The van der Waals surface area contributed by atoms with Crippen LogP contribution in [-0.2, 0) is 9.53 Å². The minimum Gasteiger partial charge on any atom is -0.480 e. The van der Waals surface area contributed by atoms with Crippen LogP contribution in [-0.4, -0.2) is 53.3 Å². The van der Waals surface area contributed by atoms with Crippen LogP contribution in [0.4, 0.5) is 4.79 Å². The summed E-state index contributed by atoms with van der Waals surface area (Å²) < 4.78 is 5.42. The van der Waals surface area contributed by atoms with Gasteiger partial charge in [0.25, 0.3) is 0 Å². The third-order valence-electron chi connectivity index (χ3n) is 3.62. The molecule has 1 aliphatic heterocycles. The summed E-state index contributed by atoms with van der Waals surface area (Å²) >= 11 is 0. The monoisotopic (exact) mass is 256 g/mol. The van der Waals surface area contributed by atoms with Gasteiger partial charge in [-0.15, -0.1) is 0 Å². The smallest absolute Gasteiger partial charge is 0.326 e. The van der Waals surface area contributed by atoms with Crippen LogP contribution >= 0.6 is 0 Å². The minimum absolute atomic E-state index is 0.129. The van der Waals surface area contributed by atoms with Gasteiger partial charge >= 0.3 is 12.0 Å². The van der Waals surface area contributed by atoms with Crippen molar-refractivity contribution in [3.63, 3.8) is 0 Å². The van der Waals surface area contributed by atoms with Crippen LogP contribution in [0.3, 0.4) is 0 Å². The van der Waals surface area contributed by atoms with Crippen LogP contribution in [0.5, 0.6) is 0 Å². The van der Waals surface area contributed by atoms with E-state index in [-0.39, 0.29) is 18.2 Å². The molecule has 6 heteroatoms. The Kier molecular flexibility index (Phi) is 4.06. The maximum absolute atomic E-state index is 11.9. The number of aliphatic carboxylic acids is 1. The van der Waals surface area contributed by atoms with Gasteiger partial charge in [0, 0.05) is 19.2 Å². The molecule has 2 amide bonds. The fraction of sp³-hybridized carbons (Fsp3) is 0.833. The van der Waals surface area contributed by atoms with Crippen LogP contribution in [0.2, 0.25) is 0 Å². The van der Waals surface area contributed by atoms with E-state index < -0.39 is 12.0 Å². The lowest BCUT2D eigenvalue weighted by molar-refractivity contribution is -0.141. The van der Waals surface area contributed by atoms with Gasteiger partial charge in [-0.3, -0.25) is 0 Å². The molecule has 1 aliphatic carbocycles. The van der Waals surface area contributed by atoms with E-state index in [2.05, 4.69) is 5.32 Å². The summed E-state index contributed by atoms with van der Waals surface area (Å²) in [6.45, 7) is 3.18. The van der Waals surface area contributed by atoms with Crippen molar-refractivity contribution >= 4 is 12.0 Å². The van der Waals surface area contributed by atoms with Gasteiger partial charge < -0.3 is 20.1 Å². The average Bonchev–Trinajstić information content (AvgIpc) is 2.75. The second-order valence-electron chi connectivity index (χ2n) is 4.88. The summed E-state index contributed by atoms with van der Waals surface area (Å²) in [5, 5.41) is 11.9. The molecule has 2 N–H and O–H groups in total. The van der Waals surface area contributed by atoms with Gasteiger partial charge in [-0.25, -0.2) is 9.59 Å². The summed E-state index contributed by atoms with van der Waals surface area (Å²) in [7, 11) is 0. The number of ether oxygens (including phenoxy) is 1. The molecule has 0 bridgehead atoms. The lowest BCUT2D eigenvalue weighted by atomic mass is 9.89. The maximum atomic E-state index is 11.9. The molecular weight excluding hydrogens is 236 g/mol. The molecule has 102 valence electrons. The topological polar surface area (TPSA) is 78.9 Å². The Balaban J connectivity index is 1.77. The van der Waals surface area contributed by atoms with E-state index in [0.29, 0.717) is 19.6 Å². The molecular formula is C12H20N2O4. The van der Waals surface area contributed by atoms with Crippen molar-refractivity contribution in [1.82, 2.24) is 10.2 Å². The minimum atomic E-state index is -0.913. The zero-order chi connectivity index (χ0) is 13.1. The largest absolute Gasteiger partial charge is 0.480 e. The molecule has 1 heterocycles. The molecule has 1 atom stereocenters. The van der Waals surface area contributed by atoms with Crippen LogP contribution in [0.1, 0.15) is 32.6 Å². The average molecular weight is 256 g/mol. The molecule has 2 fully saturated rings. The van der Waals surface area contributed by atoms with Gasteiger partial charge in [0.05, 0.1) is 6.10 Å². The number of nitrogens with zero attached hydrogens (tertiary/aromatic N) is 1. The van der Waals surface area contributed by atoms with Crippen molar-refractivity contribution in [3.05, 3.63) is 0 Å². The third kappa shape index (κ3) is 2.75. The Hall–Kier alpha value is -1.30. The maximum Gasteiger partial charge on any atom is 0.326 e. The highest BCUT2D eigenvalue weighted by molar-refractivity contribution is 5.83. The first-order valence-corrected chi connectivity index (χ1v) is 6.53. The third-order valence-corrected chi connectivity index (χ3v) is 3.62. The molecule has 0 spiro atoms. The van der Waals surface area contributed by atoms with Gasteiger partial charge in [-0.05, 0) is 32.6 Å². The van der Waals surface area contributed by atoms with Crippen molar-refractivity contribution in [2.24, 2.45) is 0 Å². The fourth-order valence-corrected chi connectivity index (χ4v) is 2.58. The van der Waals surface area contributed by atoms with Crippen molar-refractivity contribution in [1.29, 1.82) is 0 Å². The number of carboxylic acid groups (broad SMARTS) is 1. The van der Waals surface area contributed by atoms with Gasteiger partial charge in [0.2, 0.25) is 0 Å². The Morgan fingerprint density at radius 2 is 2.17 bits per heavy atom. The first-order valence-electron chi connectivity index (χ1n) is 6.53. The molecule has 1 saturated carbocycles. The number of nitrogens with one attached hydrogen (secondary N) is 1. The highest BCUT2D eigenvalue weighted by atomic mass is 16.5. The van der Waals surface area contributed by atoms with Crippen LogP contribution < -0.4 is 5.32 Å². The molecule has 18 heavy (non-hydrogen) atoms. The van der Waals surface area contributed by atoms with Gasteiger partial charge in [0.15, 0.2) is 0 Å². The Morgan fingerprint density at radius 3 is 2.78 bits per heavy atom. The number of hydrogen-bond donors (Lipinski definition) is 2. The van der Waals surface area contributed by atoms with Gasteiger partial charge in [-0.2, -0.15) is 0 Å². The molecule has 2 rings (SSSR count). The number of hydrogen-bond acceptors (Lipinski definition) is 3. The van der Waals surface area contributed by atoms with Crippen LogP contribution in [0.25, 0.3) is 0 Å². The summed E-state index contributed by atoms with van der Waals surface area (Å²) in [6, 6.07) is -0.781. The van der Waals surface area contributed by atoms with Crippen LogP contribution in [0.15, 0.2) is 0 Å². The van der Waals surface area contributed by atoms with Gasteiger partial charge in [0.1, 0.15) is 6.04 Å². The number of likely N-dealkylation sites (tertiary alicyclic amines) is 1. The summed E-state index contributed by atoms with van der Waals surface area (Å²) in [4.78, 5) is 24.3. The normalized spacial score (nSPS) is 30.9. The Labute approximate surface area is 106 Å². The molecule has 0 aromatic carbocycles. The molecule has 6 nitrogen and oxygen atoms in total. The van der Waals surface area contributed by atoms with Gasteiger partial charge in [-0.1, -0.05) is 0 Å². The van der Waals surface area contributed by atoms with Crippen molar-refractivity contribution in [2.75, 3.05) is 13.2 Å². The van der Waals surface area contributed by atoms with E-state index in [1.165, 1.54) is 4.90 Å². The SMILES string of the molecule is CCOC1CC(NC(=O)N2CCCC2C(=O)O)C1. The molecule has 1 unspecified atom stereocenters. The van der Waals surface area contributed by atoms with E-state index in [4.69, 9.17) is 9.84 Å². The summed E-state index contributed by atoms with van der Waals surface area (Å²) in [5.41, 5.74) is 0. The van der Waals surface area contributed by atoms with Crippen molar-refractivity contribution < 1.29 is 19.4 Å². The number of carboxylic acids is 1. The lowest BCUT2D eigenvalue weighted by Crippen LogP contribution is -2.54. The molecule has 0 radical (unpaired) electrons. The number of amides is 2. The second-order valence-corrected chi connectivity index (χ2v) is 4.88. The van der Waals surface area contributed by atoms with Crippen molar-refractivity contribution in [2.45, 2.75) is 50.8 Å². The van der Waals surface area contributed by atoms with E-state index >= 15 is 0 Å². The number of rotatable bonds is 4. The van der Waals surface area contributed by atoms with E-state index in [1.807, 2.05) is 6.92 Å². The fourth-order valence-electron chi connectivity index (χ4n) is 2.58. The number of carbonyl (C=O) groups is 2. The summed E-state index contributed by atoms with van der Waals surface area (Å²) in [6.07, 6.45) is 3.20. The number of urea groups is 1. The highest BCUT2D eigenvalue weighted by Gasteiger charge is 2.37. The predicted octanol–water partition coefficient (Wildman–Crippen LogP) is 0.812. The Morgan fingerprint density at radius 1 is 1.44 bits per heavy atom. The summed E-state index contributed by atoms with van der Waals surface area (Å²) in [5.74, 6) is -0.913. The zero-order valence-electron chi connectivity index (χ0n) is 10.6. The molecule has 0 aromatic heterocycles. The first kappa shape index (κ1) is 13.1. The van der Waals surface area contributed by atoms with E-state index in [1.54, 1.807) is 0 Å². The van der Waals surface area contributed by atoms with E-state index in [9.17, 15) is 9.59 Å². The van der Waals surface area contributed by atoms with Crippen LogP contribution in [0, 0.1) is 0 Å². The van der Waals surface area contributed by atoms with Crippen molar-refractivity contribution in [3.8, 4) is 0 Å². The highest BCUT2D eigenvalue weighted by Crippen LogP contribution is 2.24. The lowest BCUT2D eigenvalue weighted by Gasteiger charge is -2.36. The standard InChI is InChI=1S/C12H20N2O4/c1-2-18-9-6-8(7-9)13-12(17)14-5-3-4-10(14)11(15)16/h8-10H,2-7H2,1H3,(H,13,17)(H,15,16). The predicted molar refractivity (Wildman–Crippen MR) is 64.3 cm³/mol. The second kappa shape index (κ2) is 5.56. The van der Waals surface area contributed by atoms with E-state index in [0.717, 1.165) is 19.3 Å². The molecule has 0 aromatic rings. The Bertz CT molecular complexity index is 328. The molecule has 1 saturated heterocycles. The molecule has 2 aliphatic rings. The number of carbonyl (C=O) groups excluding carboxylic acids is 1.